The van der Waals surface area contributed by atoms with E-state index in [0.29, 0.717) is 5.88 Å². The molecule has 0 bridgehead atoms. The van der Waals surface area contributed by atoms with Gasteiger partial charge in [-0.25, -0.2) is 4.98 Å². The van der Waals surface area contributed by atoms with Crippen LogP contribution in [-0.2, 0) is 6.54 Å². The topological polar surface area (TPSA) is 47.0 Å². The lowest BCUT2D eigenvalue weighted by molar-refractivity contribution is 0.228. The number of hydrogen-bond donors (Lipinski definition) is 1. The zero-order valence-electron chi connectivity index (χ0n) is 9.16. The molecular formula is C10H17N3O. The second-order valence-electron chi connectivity index (χ2n) is 3.44. The van der Waals surface area contributed by atoms with Gasteiger partial charge in [-0.15, -0.1) is 0 Å². The predicted molar refractivity (Wildman–Crippen MR) is 55.3 cm³/mol. The Morgan fingerprint density at radius 3 is 2.79 bits per heavy atom. The van der Waals surface area contributed by atoms with Crippen LogP contribution in [0.1, 0.15) is 25.2 Å². The first-order valence-corrected chi connectivity index (χ1v) is 4.77. The monoisotopic (exact) mass is 195 g/mol. The Bertz CT molecular complexity index is 299. The van der Waals surface area contributed by atoms with Gasteiger partial charge in [-0.1, -0.05) is 0 Å². The molecule has 0 amide bonds. The van der Waals surface area contributed by atoms with E-state index in [9.17, 15) is 0 Å². The molecule has 0 atom stereocenters. The molecule has 0 saturated heterocycles. The van der Waals surface area contributed by atoms with Crippen molar-refractivity contribution in [3.8, 4) is 5.88 Å². The SMILES string of the molecule is CNCc1cnc(C)nc1OC(C)C. The van der Waals surface area contributed by atoms with Crippen molar-refractivity contribution in [1.82, 2.24) is 15.3 Å². The molecule has 4 heteroatoms. The second-order valence-corrected chi connectivity index (χ2v) is 3.44. The number of ether oxygens (including phenoxy) is 1. The minimum absolute atomic E-state index is 0.139. The normalized spacial score (nSPS) is 10.6. The van der Waals surface area contributed by atoms with Gasteiger partial charge in [-0.05, 0) is 27.8 Å². The van der Waals surface area contributed by atoms with E-state index in [0.717, 1.165) is 17.9 Å². The molecule has 1 N–H and O–H groups in total. The second kappa shape index (κ2) is 4.91. The maximum Gasteiger partial charge on any atom is 0.221 e. The molecule has 0 saturated carbocycles. The van der Waals surface area contributed by atoms with E-state index in [1.54, 1.807) is 6.20 Å². The molecule has 0 unspecified atom stereocenters. The molecular weight excluding hydrogens is 178 g/mol. The molecule has 0 radical (unpaired) electrons. The third-order valence-electron chi connectivity index (χ3n) is 1.66. The lowest BCUT2D eigenvalue weighted by atomic mass is 10.3. The predicted octanol–water partition coefficient (Wildman–Crippen LogP) is 1.29. The van der Waals surface area contributed by atoms with Gasteiger partial charge in [0.1, 0.15) is 5.82 Å². The summed E-state index contributed by atoms with van der Waals surface area (Å²) in [6.45, 7) is 6.56. The number of aromatic nitrogens is 2. The van der Waals surface area contributed by atoms with Crippen LogP contribution >= 0.6 is 0 Å². The third-order valence-corrected chi connectivity index (χ3v) is 1.66. The van der Waals surface area contributed by atoms with Crippen LogP contribution in [0.15, 0.2) is 6.20 Å². The van der Waals surface area contributed by atoms with E-state index in [2.05, 4.69) is 15.3 Å². The molecule has 0 fully saturated rings. The summed E-state index contributed by atoms with van der Waals surface area (Å²) in [6, 6.07) is 0. The Morgan fingerprint density at radius 1 is 1.50 bits per heavy atom. The number of rotatable bonds is 4. The van der Waals surface area contributed by atoms with Crippen LogP contribution in [0.5, 0.6) is 5.88 Å². The summed E-state index contributed by atoms with van der Waals surface area (Å²) >= 11 is 0. The van der Waals surface area contributed by atoms with Gasteiger partial charge < -0.3 is 10.1 Å². The van der Waals surface area contributed by atoms with Crippen LogP contribution in [0.2, 0.25) is 0 Å². The van der Waals surface area contributed by atoms with Gasteiger partial charge in [-0.2, -0.15) is 4.98 Å². The number of hydrogen-bond acceptors (Lipinski definition) is 4. The molecule has 1 aromatic rings. The van der Waals surface area contributed by atoms with E-state index >= 15 is 0 Å². The van der Waals surface area contributed by atoms with E-state index in [-0.39, 0.29) is 6.10 Å². The highest BCUT2D eigenvalue weighted by Gasteiger charge is 2.07. The van der Waals surface area contributed by atoms with Crippen molar-refractivity contribution < 1.29 is 4.74 Å². The Kier molecular flexibility index (Phi) is 3.83. The molecule has 1 heterocycles. The maximum absolute atomic E-state index is 5.59. The van der Waals surface area contributed by atoms with Crippen molar-refractivity contribution >= 4 is 0 Å². The van der Waals surface area contributed by atoms with Gasteiger partial charge in [0.05, 0.1) is 6.10 Å². The molecule has 0 aromatic carbocycles. The van der Waals surface area contributed by atoms with Crippen LogP contribution in [-0.4, -0.2) is 23.1 Å². The molecule has 78 valence electrons. The van der Waals surface area contributed by atoms with Gasteiger partial charge >= 0.3 is 0 Å². The minimum Gasteiger partial charge on any atom is -0.475 e. The summed E-state index contributed by atoms with van der Waals surface area (Å²) < 4.78 is 5.59. The largest absolute Gasteiger partial charge is 0.475 e. The van der Waals surface area contributed by atoms with Gasteiger partial charge in [0.2, 0.25) is 5.88 Å². The average molecular weight is 195 g/mol. The van der Waals surface area contributed by atoms with Crippen LogP contribution < -0.4 is 10.1 Å². The summed E-state index contributed by atoms with van der Waals surface area (Å²) in [5, 5.41) is 3.06. The van der Waals surface area contributed by atoms with Crippen molar-refractivity contribution in [3.05, 3.63) is 17.6 Å². The van der Waals surface area contributed by atoms with Crippen LogP contribution in [0.25, 0.3) is 0 Å². The fourth-order valence-electron chi connectivity index (χ4n) is 1.11. The fourth-order valence-corrected chi connectivity index (χ4v) is 1.11. The lowest BCUT2D eigenvalue weighted by Gasteiger charge is -2.12. The Balaban J connectivity index is 2.90. The van der Waals surface area contributed by atoms with E-state index in [1.165, 1.54) is 0 Å². The molecule has 0 aliphatic carbocycles. The molecule has 14 heavy (non-hydrogen) atoms. The first-order valence-electron chi connectivity index (χ1n) is 4.77. The average Bonchev–Trinajstić information content (AvgIpc) is 2.09. The summed E-state index contributed by atoms with van der Waals surface area (Å²) in [6.07, 6.45) is 1.94. The van der Waals surface area contributed by atoms with Gasteiger partial charge in [0.25, 0.3) is 0 Å². The summed E-state index contributed by atoms with van der Waals surface area (Å²) in [5.41, 5.74) is 0.992. The summed E-state index contributed by atoms with van der Waals surface area (Å²) in [7, 11) is 1.89. The molecule has 0 aliphatic rings. The molecule has 4 nitrogen and oxygen atoms in total. The van der Waals surface area contributed by atoms with Gasteiger partial charge in [0.15, 0.2) is 0 Å². The molecule has 1 rings (SSSR count). The van der Waals surface area contributed by atoms with Crippen molar-refractivity contribution in [2.75, 3.05) is 7.05 Å². The van der Waals surface area contributed by atoms with Crippen LogP contribution in [0, 0.1) is 6.92 Å². The highest BCUT2D eigenvalue weighted by Crippen LogP contribution is 2.15. The quantitative estimate of drug-likeness (QED) is 0.786. The fraction of sp³-hybridized carbons (Fsp3) is 0.600. The Morgan fingerprint density at radius 2 is 2.21 bits per heavy atom. The van der Waals surface area contributed by atoms with Crippen LogP contribution in [0.3, 0.4) is 0 Å². The Labute approximate surface area is 84.7 Å². The van der Waals surface area contributed by atoms with Crippen molar-refractivity contribution in [2.45, 2.75) is 33.4 Å². The first-order chi connectivity index (χ1) is 6.63. The molecule has 0 spiro atoms. The highest BCUT2D eigenvalue weighted by atomic mass is 16.5. The summed E-state index contributed by atoms with van der Waals surface area (Å²) in [5.74, 6) is 1.42. The van der Waals surface area contributed by atoms with E-state index in [4.69, 9.17) is 4.74 Å². The number of aryl methyl sites for hydroxylation is 1. The lowest BCUT2D eigenvalue weighted by Crippen LogP contribution is -2.13. The summed E-state index contributed by atoms with van der Waals surface area (Å²) in [4.78, 5) is 8.39. The van der Waals surface area contributed by atoms with Crippen LogP contribution in [0.4, 0.5) is 0 Å². The number of nitrogens with one attached hydrogen (secondary N) is 1. The Hall–Kier alpha value is -1.16. The highest BCUT2D eigenvalue weighted by molar-refractivity contribution is 5.23. The smallest absolute Gasteiger partial charge is 0.221 e. The first kappa shape index (κ1) is 10.9. The molecule has 0 aliphatic heterocycles. The van der Waals surface area contributed by atoms with Crippen molar-refractivity contribution in [3.63, 3.8) is 0 Å². The van der Waals surface area contributed by atoms with Crippen molar-refractivity contribution in [1.29, 1.82) is 0 Å². The van der Waals surface area contributed by atoms with Gasteiger partial charge in [0, 0.05) is 18.3 Å². The molecule has 1 aromatic heterocycles. The zero-order chi connectivity index (χ0) is 10.6. The minimum atomic E-state index is 0.139. The van der Waals surface area contributed by atoms with E-state index in [1.807, 2.05) is 27.8 Å². The van der Waals surface area contributed by atoms with Gasteiger partial charge in [-0.3, -0.25) is 0 Å². The maximum atomic E-state index is 5.59. The number of nitrogens with zero attached hydrogens (tertiary/aromatic N) is 2. The third kappa shape index (κ3) is 2.96. The van der Waals surface area contributed by atoms with Crippen molar-refractivity contribution in [2.24, 2.45) is 0 Å². The standard InChI is InChI=1S/C10H17N3O/c1-7(2)14-10-9(5-11-4)6-12-8(3)13-10/h6-7,11H,5H2,1-4H3. The zero-order valence-corrected chi connectivity index (χ0v) is 9.16. The van der Waals surface area contributed by atoms with E-state index < -0.39 is 0 Å².